The SMILES string of the molecule is COC(Cl)c1ccco1. The molecule has 0 aliphatic heterocycles. The molecule has 1 heterocycles. The Bertz CT molecular complexity index is 160. The van der Waals surface area contributed by atoms with E-state index in [1.807, 2.05) is 0 Å². The molecule has 1 atom stereocenters. The molecule has 0 aliphatic carbocycles. The predicted molar refractivity (Wildman–Crippen MR) is 34.3 cm³/mol. The maximum atomic E-state index is 5.62. The predicted octanol–water partition coefficient (Wildman–Crippen LogP) is 2.16. The molecule has 0 aromatic carbocycles. The van der Waals surface area contributed by atoms with Crippen molar-refractivity contribution in [3.05, 3.63) is 24.2 Å². The van der Waals surface area contributed by atoms with E-state index >= 15 is 0 Å². The second kappa shape index (κ2) is 2.90. The van der Waals surface area contributed by atoms with Crippen LogP contribution >= 0.6 is 11.6 Å². The van der Waals surface area contributed by atoms with Crippen LogP contribution in [0.2, 0.25) is 0 Å². The van der Waals surface area contributed by atoms with Crippen LogP contribution in [0.5, 0.6) is 0 Å². The molecule has 0 fully saturated rings. The van der Waals surface area contributed by atoms with Crippen molar-refractivity contribution >= 4 is 11.6 Å². The second-order valence-electron chi connectivity index (χ2n) is 1.57. The van der Waals surface area contributed by atoms with Crippen molar-refractivity contribution in [2.75, 3.05) is 7.11 Å². The standard InChI is InChI=1S/C6H7ClO2/c1-8-6(7)5-3-2-4-9-5/h2-4,6H,1H3. The molecule has 0 radical (unpaired) electrons. The van der Waals surface area contributed by atoms with E-state index in [2.05, 4.69) is 0 Å². The summed E-state index contributed by atoms with van der Waals surface area (Å²) in [6, 6.07) is 3.53. The van der Waals surface area contributed by atoms with E-state index in [1.165, 1.54) is 7.11 Å². The van der Waals surface area contributed by atoms with Crippen molar-refractivity contribution in [1.82, 2.24) is 0 Å². The third-order valence-electron chi connectivity index (χ3n) is 0.974. The summed E-state index contributed by atoms with van der Waals surface area (Å²) in [5, 5.41) is 0. The molecule has 2 nitrogen and oxygen atoms in total. The van der Waals surface area contributed by atoms with Gasteiger partial charge in [0.05, 0.1) is 6.26 Å². The summed E-state index contributed by atoms with van der Waals surface area (Å²) >= 11 is 5.62. The van der Waals surface area contributed by atoms with Gasteiger partial charge in [0, 0.05) is 7.11 Å². The molecule has 0 spiro atoms. The van der Waals surface area contributed by atoms with E-state index in [0.717, 1.165) is 0 Å². The Hall–Kier alpha value is -0.470. The fraction of sp³-hybridized carbons (Fsp3) is 0.333. The molecule has 1 rings (SSSR count). The van der Waals surface area contributed by atoms with E-state index in [4.69, 9.17) is 20.8 Å². The van der Waals surface area contributed by atoms with Crippen molar-refractivity contribution < 1.29 is 9.15 Å². The van der Waals surface area contributed by atoms with Gasteiger partial charge in [0.2, 0.25) is 0 Å². The van der Waals surface area contributed by atoms with Gasteiger partial charge in [0.15, 0.2) is 5.56 Å². The zero-order chi connectivity index (χ0) is 6.69. The van der Waals surface area contributed by atoms with Gasteiger partial charge in [-0.15, -0.1) is 0 Å². The number of furan rings is 1. The second-order valence-corrected chi connectivity index (χ2v) is 1.96. The number of hydrogen-bond donors (Lipinski definition) is 0. The van der Waals surface area contributed by atoms with Crippen LogP contribution < -0.4 is 0 Å². The van der Waals surface area contributed by atoms with Crippen molar-refractivity contribution in [3.63, 3.8) is 0 Å². The van der Waals surface area contributed by atoms with E-state index in [1.54, 1.807) is 18.4 Å². The molecule has 1 aromatic rings. The number of alkyl halides is 1. The molecule has 1 unspecified atom stereocenters. The Labute approximate surface area is 58.4 Å². The lowest BCUT2D eigenvalue weighted by Gasteiger charge is -2.00. The lowest BCUT2D eigenvalue weighted by atomic mass is 10.5. The van der Waals surface area contributed by atoms with Crippen LogP contribution in [0.15, 0.2) is 22.8 Å². The van der Waals surface area contributed by atoms with Gasteiger partial charge in [-0.05, 0) is 12.1 Å². The van der Waals surface area contributed by atoms with E-state index in [0.29, 0.717) is 5.76 Å². The molecule has 3 heteroatoms. The van der Waals surface area contributed by atoms with Gasteiger partial charge in [-0.2, -0.15) is 0 Å². The molecule has 0 bridgehead atoms. The van der Waals surface area contributed by atoms with E-state index in [9.17, 15) is 0 Å². The van der Waals surface area contributed by atoms with Gasteiger partial charge in [-0.25, -0.2) is 0 Å². The lowest BCUT2D eigenvalue weighted by molar-refractivity contribution is 0.149. The first kappa shape index (κ1) is 6.65. The van der Waals surface area contributed by atoms with Gasteiger partial charge in [-0.1, -0.05) is 11.6 Å². The molecule has 0 saturated heterocycles. The first-order valence-electron chi connectivity index (χ1n) is 2.55. The molecule has 9 heavy (non-hydrogen) atoms. The Morgan fingerprint density at radius 1 is 1.78 bits per heavy atom. The van der Waals surface area contributed by atoms with Crippen LogP contribution in [0, 0.1) is 0 Å². The van der Waals surface area contributed by atoms with Crippen molar-refractivity contribution in [2.45, 2.75) is 5.56 Å². The van der Waals surface area contributed by atoms with Gasteiger partial charge in [-0.3, -0.25) is 0 Å². The highest BCUT2D eigenvalue weighted by molar-refractivity contribution is 6.19. The minimum absolute atomic E-state index is 0.458. The largest absolute Gasteiger partial charge is 0.465 e. The van der Waals surface area contributed by atoms with Crippen LogP contribution in [-0.4, -0.2) is 7.11 Å². The average Bonchev–Trinajstić information content (AvgIpc) is 2.37. The minimum atomic E-state index is -0.458. The van der Waals surface area contributed by atoms with Crippen LogP contribution in [0.4, 0.5) is 0 Å². The molecule has 0 saturated carbocycles. The molecular formula is C6H7ClO2. The Kier molecular flexibility index (Phi) is 2.14. The molecule has 50 valence electrons. The number of halogens is 1. The number of rotatable bonds is 2. The van der Waals surface area contributed by atoms with Crippen molar-refractivity contribution in [1.29, 1.82) is 0 Å². The average molecular weight is 147 g/mol. The van der Waals surface area contributed by atoms with Crippen LogP contribution in [0.3, 0.4) is 0 Å². The lowest BCUT2D eigenvalue weighted by Crippen LogP contribution is -1.88. The quantitative estimate of drug-likeness (QED) is 0.597. The third-order valence-corrected chi connectivity index (χ3v) is 1.37. The third kappa shape index (κ3) is 1.47. The smallest absolute Gasteiger partial charge is 0.188 e. The Morgan fingerprint density at radius 2 is 2.56 bits per heavy atom. The maximum Gasteiger partial charge on any atom is 0.188 e. The summed E-state index contributed by atoms with van der Waals surface area (Å²) in [5.41, 5.74) is -0.458. The number of methoxy groups -OCH3 is 1. The summed E-state index contributed by atoms with van der Waals surface area (Å²) < 4.78 is 9.70. The highest BCUT2D eigenvalue weighted by Gasteiger charge is 2.06. The van der Waals surface area contributed by atoms with Gasteiger partial charge < -0.3 is 9.15 Å². The monoisotopic (exact) mass is 146 g/mol. The van der Waals surface area contributed by atoms with E-state index < -0.39 is 5.56 Å². The molecular weight excluding hydrogens is 140 g/mol. The van der Waals surface area contributed by atoms with Crippen LogP contribution in [0.1, 0.15) is 11.3 Å². The van der Waals surface area contributed by atoms with Gasteiger partial charge >= 0.3 is 0 Å². The number of hydrogen-bond acceptors (Lipinski definition) is 2. The first-order chi connectivity index (χ1) is 4.34. The van der Waals surface area contributed by atoms with E-state index in [-0.39, 0.29) is 0 Å². The van der Waals surface area contributed by atoms with Crippen molar-refractivity contribution in [2.24, 2.45) is 0 Å². The topological polar surface area (TPSA) is 22.4 Å². The van der Waals surface area contributed by atoms with Gasteiger partial charge in [0.1, 0.15) is 5.76 Å². The maximum absolute atomic E-state index is 5.62. The normalized spacial score (nSPS) is 13.6. The summed E-state index contributed by atoms with van der Waals surface area (Å²) in [6.45, 7) is 0. The highest BCUT2D eigenvalue weighted by Crippen LogP contribution is 2.20. The fourth-order valence-electron chi connectivity index (χ4n) is 0.537. The summed E-state index contributed by atoms with van der Waals surface area (Å²) in [6.07, 6.45) is 1.56. The minimum Gasteiger partial charge on any atom is -0.465 e. The Morgan fingerprint density at radius 3 is 3.00 bits per heavy atom. The van der Waals surface area contributed by atoms with Crippen LogP contribution in [0.25, 0.3) is 0 Å². The number of ether oxygens (including phenoxy) is 1. The molecule has 1 aromatic heterocycles. The first-order valence-corrected chi connectivity index (χ1v) is 2.98. The zero-order valence-corrected chi connectivity index (χ0v) is 5.76. The van der Waals surface area contributed by atoms with Crippen LogP contribution in [-0.2, 0) is 4.74 Å². The highest BCUT2D eigenvalue weighted by atomic mass is 35.5. The summed E-state index contributed by atoms with van der Waals surface area (Å²) in [5.74, 6) is 0.638. The Balaban J connectivity index is 2.65. The zero-order valence-electron chi connectivity index (χ0n) is 5.00. The summed E-state index contributed by atoms with van der Waals surface area (Å²) in [7, 11) is 1.53. The molecule has 0 amide bonds. The fourth-order valence-corrected chi connectivity index (χ4v) is 0.661. The van der Waals surface area contributed by atoms with Crippen molar-refractivity contribution in [3.8, 4) is 0 Å². The molecule has 0 aliphatic rings. The molecule has 0 N–H and O–H groups in total. The summed E-state index contributed by atoms with van der Waals surface area (Å²) in [4.78, 5) is 0. The van der Waals surface area contributed by atoms with Gasteiger partial charge in [0.25, 0.3) is 0 Å².